The van der Waals surface area contributed by atoms with Gasteiger partial charge in [-0.1, -0.05) is 0 Å². The van der Waals surface area contributed by atoms with Crippen molar-refractivity contribution in [2.24, 2.45) is 5.73 Å². The molecule has 0 aliphatic carbocycles. The van der Waals surface area contributed by atoms with Gasteiger partial charge in [0.1, 0.15) is 0 Å². The van der Waals surface area contributed by atoms with E-state index in [4.69, 9.17) is 5.73 Å². The molecule has 1 aliphatic heterocycles. The van der Waals surface area contributed by atoms with E-state index in [0.29, 0.717) is 12.7 Å². The monoisotopic (exact) mass is 201 g/mol. The summed E-state index contributed by atoms with van der Waals surface area (Å²) in [6, 6.07) is 0. The number of nitrogens with zero attached hydrogens (tertiary/aromatic N) is 1. The van der Waals surface area contributed by atoms with Gasteiger partial charge in [-0.25, -0.2) is 0 Å². The minimum atomic E-state index is 0.463. The Morgan fingerprint density at radius 3 is 2.93 bits per heavy atom. The number of rotatable bonds is 7. The van der Waals surface area contributed by atoms with Gasteiger partial charge in [-0.2, -0.15) is 0 Å². The molecule has 0 saturated carbocycles. The molecule has 1 heterocycles. The lowest BCUT2D eigenvalue weighted by molar-refractivity contribution is 0.218. The fourth-order valence-electron chi connectivity index (χ4n) is 1.58. The lowest BCUT2D eigenvalue weighted by Crippen LogP contribution is -2.45. The van der Waals surface area contributed by atoms with E-state index in [1.165, 1.54) is 0 Å². The number of nitrogens with one attached hydrogen (secondary N) is 3. The van der Waals surface area contributed by atoms with Crippen LogP contribution in [0.4, 0.5) is 0 Å². The summed E-state index contributed by atoms with van der Waals surface area (Å²) >= 11 is 0. The van der Waals surface area contributed by atoms with Gasteiger partial charge in [-0.3, -0.25) is 4.90 Å². The molecule has 1 fully saturated rings. The van der Waals surface area contributed by atoms with E-state index in [-0.39, 0.29) is 0 Å². The molecule has 1 rings (SSSR count). The Morgan fingerprint density at radius 2 is 2.29 bits per heavy atom. The summed E-state index contributed by atoms with van der Waals surface area (Å²) in [4.78, 5) is 2.39. The Balaban J connectivity index is 1.94. The van der Waals surface area contributed by atoms with Gasteiger partial charge in [-0.05, 0) is 6.92 Å². The second kappa shape index (κ2) is 7.14. The molecule has 84 valence electrons. The smallest absolute Gasteiger partial charge is 0.0580 e. The van der Waals surface area contributed by atoms with Crippen molar-refractivity contribution in [2.45, 2.75) is 13.1 Å². The van der Waals surface area contributed by atoms with Crippen molar-refractivity contribution >= 4 is 0 Å². The molecule has 0 amide bonds. The van der Waals surface area contributed by atoms with Gasteiger partial charge in [0.2, 0.25) is 0 Å². The highest BCUT2D eigenvalue weighted by Gasteiger charge is 2.15. The first-order chi connectivity index (χ1) is 6.84. The summed E-state index contributed by atoms with van der Waals surface area (Å²) in [6.45, 7) is 9.07. The molecule has 5 heteroatoms. The van der Waals surface area contributed by atoms with Crippen LogP contribution in [0.15, 0.2) is 0 Å². The maximum absolute atomic E-state index is 5.37. The minimum Gasteiger partial charge on any atom is -0.329 e. The van der Waals surface area contributed by atoms with Crippen molar-refractivity contribution < 1.29 is 0 Å². The topological polar surface area (TPSA) is 65.3 Å². The second-order valence-corrected chi connectivity index (χ2v) is 3.64. The van der Waals surface area contributed by atoms with E-state index in [0.717, 1.165) is 39.4 Å². The van der Waals surface area contributed by atoms with Crippen molar-refractivity contribution in [3.8, 4) is 0 Å². The summed E-state index contributed by atoms with van der Waals surface area (Å²) in [6.07, 6.45) is 0.463. The standard InChI is InChI=1S/C9H23N5/c1-9(14-7-6-12-8-14)13-5-4-11-3-2-10/h9,11-13H,2-8,10H2,1H3. The van der Waals surface area contributed by atoms with Crippen molar-refractivity contribution in [1.29, 1.82) is 0 Å². The maximum atomic E-state index is 5.37. The Bertz CT molecular complexity index is 135. The fourth-order valence-corrected chi connectivity index (χ4v) is 1.58. The molecule has 1 atom stereocenters. The van der Waals surface area contributed by atoms with Crippen LogP contribution in [-0.2, 0) is 0 Å². The third-order valence-corrected chi connectivity index (χ3v) is 2.50. The third kappa shape index (κ3) is 4.34. The zero-order valence-electron chi connectivity index (χ0n) is 9.05. The molecular formula is C9H23N5. The molecule has 14 heavy (non-hydrogen) atoms. The van der Waals surface area contributed by atoms with Gasteiger partial charge in [0.05, 0.1) is 6.17 Å². The summed E-state index contributed by atoms with van der Waals surface area (Å²) in [5.74, 6) is 0. The van der Waals surface area contributed by atoms with Gasteiger partial charge in [0.15, 0.2) is 0 Å². The Labute approximate surface area is 86.4 Å². The van der Waals surface area contributed by atoms with Crippen LogP contribution < -0.4 is 21.7 Å². The minimum absolute atomic E-state index is 0.463. The molecule has 0 bridgehead atoms. The molecule has 1 unspecified atom stereocenters. The Kier molecular flexibility index (Phi) is 6.05. The average Bonchev–Trinajstić information content (AvgIpc) is 2.70. The second-order valence-electron chi connectivity index (χ2n) is 3.64. The van der Waals surface area contributed by atoms with Gasteiger partial charge in [0.25, 0.3) is 0 Å². The van der Waals surface area contributed by atoms with E-state index < -0.39 is 0 Å². The molecular weight excluding hydrogens is 178 g/mol. The highest BCUT2D eigenvalue weighted by Crippen LogP contribution is 1.96. The molecule has 5 nitrogen and oxygen atoms in total. The van der Waals surface area contributed by atoms with Crippen LogP contribution in [0.2, 0.25) is 0 Å². The maximum Gasteiger partial charge on any atom is 0.0580 e. The number of hydrogen-bond donors (Lipinski definition) is 4. The Morgan fingerprint density at radius 1 is 1.43 bits per heavy atom. The summed E-state index contributed by atoms with van der Waals surface area (Å²) in [5.41, 5.74) is 5.37. The fraction of sp³-hybridized carbons (Fsp3) is 1.00. The summed E-state index contributed by atoms with van der Waals surface area (Å²) in [7, 11) is 0. The van der Waals surface area contributed by atoms with Gasteiger partial charge < -0.3 is 21.7 Å². The van der Waals surface area contributed by atoms with E-state index in [1.54, 1.807) is 0 Å². The number of nitrogens with two attached hydrogens (primary N) is 1. The molecule has 0 radical (unpaired) electrons. The van der Waals surface area contributed by atoms with Crippen LogP contribution in [0.5, 0.6) is 0 Å². The quantitative estimate of drug-likeness (QED) is 0.371. The van der Waals surface area contributed by atoms with Crippen molar-refractivity contribution in [3.63, 3.8) is 0 Å². The zero-order chi connectivity index (χ0) is 10.2. The van der Waals surface area contributed by atoms with Crippen LogP contribution >= 0.6 is 0 Å². The molecule has 0 spiro atoms. The number of hydrogen-bond acceptors (Lipinski definition) is 5. The predicted octanol–water partition coefficient (Wildman–Crippen LogP) is -1.67. The molecule has 1 saturated heterocycles. The molecule has 0 aromatic heterocycles. The normalized spacial score (nSPS) is 20.1. The zero-order valence-corrected chi connectivity index (χ0v) is 9.05. The molecule has 1 aliphatic rings. The van der Waals surface area contributed by atoms with Gasteiger partial charge in [0, 0.05) is 45.9 Å². The highest BCUT2D eigenvalue weighted by atomic mass is 15.4. The van der Waals surface area contributed by atoms with Crippen LogP contribution in [-0.4, -0.2) is 57.0 Å². The summed E-state index contributed by atoms with van der Waals surface area (Å²) in [5, 5.41) is 10.0. The van der Waals surface area contributed by atoms with Gasteiger partial charge in [-0.15, -0.1) is 0 Å². The highest BCUT2D eigenvalue weighted by molar-refractivity contribution is 4.71. The van der Waals surface area contributed by atoms with Crippen LogP contribution in [0.3, 0.4) is 0 Å². The van der Waals surface area contributed by atoms with E-state index >= 15 is 0 Å². The predicted molar refractivity (Wildman–Crippen MR) is 59.0 cm³/mol. The van der Waals surface area contributed by atoms with Crippen molar-refractivity contribution in [1.82, 2.24) is 20.9 Å². The Hall–Kier alpha value is -0.200. The lowest BCUT2D eigenvalue weighted by atomic mass is 10.4. The average molecular weight is 201 g/mol. The van der Waals surface area contributed by atoms with E-state index in [2.05, 4.69) is 27.8 Å². The molecule has 0 aromatic rings. The lowest BCUT2D eigenvalue weighted by Gasteiger charge is -2.24. The van der Waals surface area contributed by atoms with Crippen LogP contribution in [0, 0.1) is 0 Å². The summed E-state index contributed by atoms with van der Waals surface area (Å²) < 4.78 is 0. The first-order valence-corrected chi connectivity index (χ1v) is 5.43. The van der Waals surface area contributed by atoms with Crippen LogP contribution in [0.25, 0.3) is 0 Å². The molecule has 5 N–H and O–H groups in total. The van der Waals surface area contributed by atoms with Gasteiger partial charge >= 0.3 is 0 Å². The molecule has 0 aromatic carbocycles. The third-order valence-electron chi connectivity index (χ3n) is 2.50. The van der Waals surface area contributed by atoms with Crippen LogP contribution in [0.1, 0.15) is 6.92 Å². The van der Waals surface area contributed by atoms with E-state index in [9.17, 15) is 0 Å². The van der Waals surface area contributed by atoms with Crippen molar-refractivity contribution in [3.05, 3.63) is 0 Å². The van der Waals surface area contributed by atoms with E-state index in [1.807, 2.05) is 0 Å². The van der Waals surface area contributed by atoms with Crippen molar-refractivity contribution in [2.75, 3.05) is 45.9 Å². The SMILES string of the molecule is CC(NCCNCCN)N1CCNC1. The first kappa shape index (κ1) is 11.9. The first-order valence-electron chi connectivity index (χ1n) is 5.43. The largest absolute Gasteiger partial charge is 0.329 e.